The molecule has 1 amide bonds. The fourth-order valence-corrected chi connectivity index (χ4v) is 6.18. The quantitative estimate of drug-likeness (QED) is 0.651. The number of amides is 1. The van der Waals surface area contributed by atoms with Gasteiger partial charge in [0.15, 0.2) is 0 Å². The molecule has 3 aliphatic carbocycles. The van der Waals surface area contributed by atoms with Crippen molar-refractivity contribution in [1.29, 1.82) is 0 Å². The van der Waals surface area contributed by atoms with E-state index >= 15 is 0 Å². The van der Waals surface area contributed by atoms with Gasteiger partial charge in [0.2, 0.25) is 5.91 Å². The van der Waals surface area contributed by atoms with Gasteiger partial charge in [0.25, 0.3) is 0 Å². The summed E-state index contributed by atoms with van der Waals surface area (Å²) in [4.78, 5) is 27.7. The summed E-state index contributed by atoms with van der Waals surface area (Å²) < 4.78 is 5.52. The molecule has 5 rings (SSSR count). The average molecular weight is 441 g/mol. The molecule has 0 unspecified atom stereocenters. The molecule has 4 atom stereocenters. The van der Waals surface area contributed by atoms with Gasteiger partial charge in [-0.3, -0.25) is 4.79 Å². The Balaban J connectivity index is 1.34. The van der Waals surface area contributed by atoms with E-state index < -0.39 is 5.60 Å². The Morgan fingerprint density at radius 1 is 1.19 bits per heavy atom. The summed E-state index contributed by atoms with van der Waals surface area (Å²) in [6.45, 7) is 12.9. The second-order valence-corrected chi connectivity index (χ2v) is 11.8. The van der Waals surface area contributed by atoms with Crippen LogP contribution in [0.4, 0.5) is 5.69 Å². The van der Waals surface area contributed by atoms with Crippen LogP contribution in [0.25, 0.3) is 0 Å². The maximum Gasteiger partial charge on any atom is 0.338 e. The molecule has 176 valence electrons. The van der Waals surface area contributed by atoms with Gasteiger partial charge < -0.3 is 15.0 Å². The summed E-state index contributed by atoms with van der Waals surface area (Å²) in [6, 6.07) is 7.61. The van der Waals surface area contributed by atoms with Crippen molar-refractivity contribution in [3.63, 3.8) is 0 Å². The summed E-state index contributed by atoms with van der Waals surface area (Å²) in [5, 5.41) is 3.30. The number of rotatable bonds is 5. The van der Waals surface area contributed by atoms with E-state index in [1.54, 1.807) is 6.07 Å². The lowest BCUT2D eigenvalue weighted by atomic mass is 9.45. The number of nitrogens with one attached hydrogen (secondary N) is 1. The molecular weight excluding hydrogens is 400 g/mol. The first-order valence-electron chi connectivity index (χ1n) is 12.4. The third kappa shape index (κ3) is 4.82. The molecule has 32 heavy (non-hydrogen) atoms. The molecule has 5 heteroatoms. The monoisotopic (exact) mass is 440 g/mol. The van der Waals surface area contributed by atoms with E-state index in [0.29, 0.717) is 23.4 Å². The number of nitrogens with zero attached hydrogens (tertiary/aromatic N) is 1. The van der Waals surface area contributed by atoms with E-state index in [4.69, 9.17) is 4.74 Å². The molecule has 3 saturated carbocycles. The normalized spacial score (nSPS) is 29.1. The molecule has 1 heterocycles. The zero-order chi connectivity index (χ0) is 23.1. The molecule has 0 aromatic heterocycles. The lowest BCUT2D eigenvalue weighted by molar-refractivity contribution is -0.128. The minimum absolute atomic E-state index is 0.000303. The second-order valence-electron chi connectivity index (χ2n) is 11.8. The van der Waals surface area contributed by atoms with E-state index in [9.17, 15) is 9.59 Å². The van der Waals surface area contributed by atoms with Crippen molar-refractivity contribution in [1.82, 2.24) is 5.32 Å². The van der Waals surface area contributed by atoms with E-state index in [-0.39, 0.29) is 17.8 Å². The van der Waals surface area contributed by atoms with Gasteiger partial charge in [0, 0.05) is 25.3 Å². The third-order valence-corrected chi connectivity index (χ3v) is 8.18. The smallest absolute Gasteiger partial charge is 0.338 e. The zero-order valence-corrected chi connectivity index (χ0v) is 20.4. The average Bonchev–Trinajstić information content (AvgIpc) is 2.76. The van der Waals surface area contributed by atoms with Crippen LogP contribution in [-0.2, 0) is 9.53 Å². The Morgan fingerprint density at radius 2 is 1.97 bits per heavy atom. The van der Waals surface area contributed by atoms with Gasteiger partial charge in [-0.1, -0.05) is 19.9 Å². The van der Waals surface area contributed by atoms with Gasteiger partial charge in [-0.2, -0.15) is 0 Å². The van der Waals surface area contributed by atoms with Gasteiger partial charge in [0.1, 0.15) is 5.60 Å². The lowest BCUT2D eigenvalue weighted by Gasteiger charge is -2.60. The number of carbonyl (C=O) groups is 2. The SMILES string of the molecule is CC(C)(C)OC(=O)c1cccc(N2CCC[C@@H](C(=O)NC[C@@H]3CC[C@H]4C[C@H]3C4(C)C)C2)c1. The number of piperidine rings is 1. The van der Waals surface area contributed by atoms with Gasteiger partial charge >= 0.3 is 5.97 Å². The van der Waals surface area contributed by atoms with Gasteiger partial charge in [-0.25, -0.2) is 4.79 Å². The van der Waals surface area contributed by atoms with E-state index in [0.717, 1.165) is 43.5 Å². The Bertz CT molecular complexity index is 855. The van der Waals surface area contributed by atoms with Crippen LogP contribution in [0.5, 0.6) is 0 Å². The van der Waals surface area contributed by atoms with Crippen molar-refractivity contribution in [3.8, 4) is 0 Å². The van der Waals surface area contributed by atoms with Gasteiger partial charge in [0.05, 0.1) is 11.5 Å². The molecule has 0 spiro atoms. The van der Waals surface area contributed by atoms with E-state index in [1.165, 1.54) is 19.3 Å². The van der Waals surface area contributed by atoms with Crippen LogP contribution in [0.3, 0.4) is 0 Å². The van der Waals surface area contributed by atoms with Crippen molar-refractivity contribution in [2.24, 2.45) is 29.1 Å². The van der Waals surface area contributed by atoms with Gasteiger partial charge in [-0.05, 0) is 94.2 Å². The van der Waals surface area contributed by atoms with Crippen molar-refractivity contribution in [3.05, 3.63) is 29.8 Å². The Hall–Kier alpha value is -2.04. The molecule has 5 nitrogen and oxygen atoms in total. The molecule has 1 saturated heterocycles. The Morgan fingerprint density at radius 3 is 2.66 bits per heavy atom. The van der Waals surface area contributed by atoms with Crippen LogP contribution in [0.2, 0.25) is 0 Å². The number of ether oxygens (including phenoxy) is 1. The number of fused-ring (bicyclic) bond motifs is 2. The highest BCUT2D eigenvalue weighted by molar-refractivity contribution is 5.91. The van der Waals surface area contributed by atoms with E-state index in [1.807, 2.05) is 39.0 Å². The van der Waals surface area contributed by atoms with Crippen molar-refractivity contribution in [2.75, 3.05) is 24.5 Å². The Kier molecular flexibility index (Phi) is 6.30. The molecule has 1 aliphatic heterocycles. The highest BCUT2D eigenvalue weighted by Gasteiger charge is 2.54. The Labute approximate surface area is 193 Å². The summed E-state index contributed by atoms with van der Waals surface area (Å²) >= 11 is 0. The molecule has 1 aromatic rings. The molecule has 0 radical (unpaired) electrons. The first kappa shape index (κ1) is 23.1. The maximum absolute atomic E-state index is 13.0. The molecule has 2 bridgehead atoms. The molecule has 1 aromatic carbocycles. The first-order valence-corrected chi connectivity index (χ1v) is 12.4. The summed E-state index contributed by atoms with van der Waals surface area (Å²) in [5.41, 5.74) is 1.48. The van der Waals surface area contributed by atoms with Crippen LogP contribution in [-0.4, -0.2) is 37.1 Å². The highest BCUT2D eigenvalue weighted by Crippen LogP contribution is 2.61. The van der Waals surface area contributed by atoms with E-state index in [2.05, 4.69) is 24.1 Å². The highest BCUT2D eigenvalue weighted by atomic mass is 16.6. The predicted octanol–water partition coefficient (Wildman–Crippen LogP) is 5.05. The minimum atomic E-state index is -0.519. The standard InChI is InChI=1S/C27H40N2O3/c1-26(2,3)32-25(31)18-8-6-10-22(14-18)29-13-7-9-20(17-29)24(30)28-16-19-11-12-21-15-23(19)27(21,4)5/h6,8,10,14,19-21,23H,7,9,11-13,15-17H2,1-5H3,(H,28,30)/t19-,20+,21-,23+/m0/s1. The number of hydrogen-bond acceptors (Lipinski definition) is 4. The second kappa shape index (κ2) is 8.72. The number of anilines is 1. The number of carbonyl (C=O) groups excluding carboxylic acids is 2. The molecule has 1 N–H and O–H groups in total. The molecule has 4 fully saturated rings. The number of hydrogen-bond donors (Lipinski definition) is 1. The van der Waals surface area contributed by atoms with Crippen LogP contribution >= 0.6 is 0 Å². The van der Waals surface area contributed by atoms with Crippen LogP contribution in [0, 0.1) is 29.1 Å². The first-order chi connectivity index (χ1) is 15.0. The maximum atomic E-state index is 13.0. The number of benzene rings is 1. The lowest BCUT2D eigenvalue weighted by Crippen LogP contribution is -2.55. The fraction of sp³-hybridized carbons (Fsp3) is 0.704. The topological polar surface area (TPSA) is 58.6 Å². The zero-order valence-electron chi connectivity index (χ0n) is 20.4. The van der Waals surface area contributed by atoms with Crippen LogP contribution in [0.15, 0.2) is 24.3 Å². The number of esters is 1. The minimum Gasteiger partial charge on any atom is -0.456 e. The van der Waals surface area contributed by atoms with Crippen molar-refractivity contribution >= 4 is 17.6 Å². The van der Waals surface area contributed by atoms with Crippen LogP contribution in [0.1, 0.15) is 77.1 Å². The van der Waals surface area contributed by atoms with Crippen LogP contribution < -0.4 is 10.2 Å². The summed E-state index contributed by atoms with van der Waals surface area (Å²) in [5.74, 6) is 2.17. The van der Waals surface area contributed by atoms with Gasteiger partial charge in [-0.15, -0.1) is 0 Å². The molecular formula is C27H40N2O3. The summed E-state index contributed by atoms with van der Waals surface area (Å²) in [7, 11) is 0. The third-order valence-electron chi connectivity index (χ3n) is 8.18. The van der Waals surface area contributed by atoms with Crippen molar-refractivity contribution in [2.45, 2.75) is 72.3 Å². The van der Waals surface area contributed by atoms with Crippen molar-refractivity contribution < 1.29 is 14.3 Å². The summed E-state index contributed by atoms with van der Waals surface area (Å²) in [6.07, 6.45) is 5.83. The molecule has 4 aliphatic rings. The largest absolute Gasteiger partial charge is 0.456 e. The predicted molar refractivity (Wildman–Crippen MR) is 128 cm³/mol. The fourth-order valence-electron chi connectivity index (χ4n) is 6.18.